The number of aromatic nitrogens is 1. The Morgan fingerprint density at radius 1 is 1.59 bits per heavy atom. The molecule has 0 radical (unpaired) electrons. The number of thiazole rings is 1. The van der Waals surface area contributed by atoms with Gasteiger partial charge in [0.15, 0.2) is 5.13 Å². The van der Waals surface area contributed by atoms with Crippen LogP contribution in [0.15, 0.2) is 5.38 Å². The molecule has 2 aliphatic carbocycles. The van der Waals surface area contributed by atoms with Crippen LogP contribution < -0.4 is 11.1 Å². The molecule has 4 nitrogen and oxygen atoms in total. The summed E-state index contributed by atoms with van der Waals surface area (Å²) in [4.78, 5) is 15.8. The lowest BCUT2D eigenvalue weighted by Gasteiger charge is -2.14. The first-order valence-corrected chi connectivity index (χ1v) is 7.02. The molecule has 17 heavy (non-hydrogen) atoms. The zero-order valence-electron chi connectivity index (χ0n) is 9.74. The Balaban J connectivity index is 1.47. The van der Waals surface area contributed by atoms with Crippen LogP contribution in [0.3, 0.4) is 0 Å². The molecule has 1 heterocycles. The van der Waals surface area contributed by atoms with E-state index in [0.717, 1.165) is 18.2 Å². The van der Waals surface area contributed by atoms with E-state index in [1.54, 1.807) is 0 Å². The summed E-state index contributed by atoms with van der Waals surface area (Å²) < 4.78 is 0. The van der Waals surface area contributed by atoms with Gasteiger partial charge in [-0.05, 0) is 37.0 Å². The van der Waals surface area contributed by atoms with Crippen molar-refractivity contribution in [2.24, 2.45) is 11.3 Å². The lowest BCUT2D eigenvalue weighted by molar-refractivity contribution is -0.120. The Hall–Kier alpha value is -1.10. The number of anilines is 1. The van der Waals surface area contributed by atoms with E-state index < -0.39 is 0 Å². The first kappa shape index (κ1) is 11.0. The molecule has 0 aromatic carbocycles. The smallest absolute Gasteiger partial charge is 0.226 e. The summed E-state index contributed by atoms with van der Waals surface area (Å²) in [5, 5.41) is 5.43. The average Bonchev–Trinajstić information content (AvgIpc) is 3.17. The van der Waals surface area contributed by atoms with E-state index in [1.807, 2.05) is 5.38 Å². The van der Waals surface area contributed by atoms with Gasteiger partial charge in [-0.15, -0.1) is 11.3 Å². The van der Waals surface area contributed by atoms with Gasteiger partial charge in [0.05, 0.1) is 12.1 Å². The van der Waals surface area contributed by atoms with Crippen molar-refractivity contribution in [3.05, 3.63) is 11.1 Å². The summed E-state index contributed by atoms with van der Waals surface area (Å²) in [6.45, 7) is 0.857. The summed E-state index contributed by atoms with van der Waals surface area (Å²) in [6, 6.07) is 0. The van der Waals surface area contributed by atoms with Gasteiger partial charge in [0.25, 0.3) is 0 Å². The van der Waals surface area contributed by atoms with Gasteiger partial charge in [0, 0.05) is 11.9 Å². The molecule has 0 bridgehead atoms. The second-order valence-corrected chi connectivity index (χ2v) is 6.16. The fourth-order valence-electron chi connectivity index (χ4n) is 2.49. The van der Waals surface area contributed by atoms with Crippen LogP contribution in [0.2, 0.25) is 0 Å². The zero-order valence-corrected chi connectivity index (χ0v) is 10.6. The van der Waals surface area contributed by atoms with Crippen molar-refractivity contribution in [2.45, 2.75) is 32.1 Å². The zero-order chi connectivity index (χ0) is 11.9. The number of hydrogen-bond donors (Lipinski definition) is 2. The monoisotopic (exact) mass is 251 g/mol. The Bertz CT molecular complexity index is 435. The van der Waals surface area contributed by atoms with Crippen molar-refractivity contribution >= 4 is 22.4 Å². The van der Waals surface area contributed by atoms with Crippen LogP contribution in [-0.2, 0) is 11.2 Å². The normalized spacial score (nSPS) is 21.2. The first-order chi connectivity index (χ1) is 8.18. The number of nitrogens with two attached hydrogens (primary N) is 1. The molecule has 3 N–H and O–H groups in total. The van der Waals surface area contributed by atoms with Crippen molar-refractivity contribution in [3.63, 3.8) is 0 Å². The number of nitrogens with zero attached hydrogens (tertiary/aromatic N) is 1. The molecule has 5 heteroatoms. The van der Waals surface area contributed by atoms with Gasteiger partial charge >= 0.3 is 0 Å². The SMILES string of the molecule is Nc1nc(CC(=O)NCC2(C3CC3)CC2)cs1. The van der Waals surface area contributed by atoms with E-state index in [1.165, 1.54) is 37.0 Å². The number of rotatable bonds is 5. The van der Waals surface area contributed by atoms with Gasteiger partial charge in [-0.25, -0.2) is 4.98 Å². The predicted molar refractivity (Wildman–Crippen MR) is 67.6 cm³/mol. The molecular weight excluding hydrogens is 234 g/mol. The molecule has 0 atom stereocenters. The minimum atomic E-state index is 0.0715. The van der Waals surface area contributed by atoms with E-state index in [0.29, 0.717) is 17.0 Å². The molecule has 2 aliphatic rings. The molecule has 92 valence electrons. The first-order valence-electron chi connectivity index (χ1n) is 6.15. The summed E-state index contributed by atoms with van der Waals surface area (Å²) in [5.41, 5.74) is 6.78. The van der Waals surface area contributed by atoms with Crippen LogP contribution in [0.4, 0.5) is 5.13 Å². The molecule has 1 aromatic heterocycles. The Morgan fingerprint density at radius 3 is 2.88 bits per heavy atom. The highest BCUT2D eigenvalue weighted by atomic mass is 32.1. The molecule has 0 unspecified atom stereocenters. The number of carbonyl (C=O) groups excluding carboxylic acids is 1. The third-order valence-electron chi connectivity index (χ3n) is 3.88. The third kappa shape index (κ3) is 2.44. The topological polar surface area (TPSA) is 68.0 Å². The van der Waals surface area contributed by atoms with Crippen LogP contribution in [-0.4, -0.2) is 17.4 Å². The summed E-state index contributed by atoms with van der Waals surface area (Å²) in [5.74, 6) is 0.958. The lowest BCUT2D eigenvalue weighted by atomic mass is 10.0. The van der Waals surface area contributed by atoms with Gasteiger partial charge in [-0.2, -0.15) is 0 Å². The standard InChI is InChI=1S/C12H17N3OS/c13-11-15-9(6-17-11)5-10(16)14-7-12(3-4-12)8-1-2-8/h6,8H,1-5,7H2,(H2,13,15)(H,14,16). The minimum absolute atomic E-state index is 0.0715. The molecule has 0 aliphatic heterocycles. The molecule has 1 amide bonds. The summed E-state index contributed by atoms with van der Waals surface area (Å²) in [6.07, 6.45) is 5.66. The molecule has 0 saturated heterocycles. The molecule has 2 fully saturated rings. The predicted octanol–water partition coefficient (Wildman–Crippen LogP) is 1.57. The van der Waals surface area contributed by atoms with E-state index >= 15 is 0 Å². The minimum Gasteiger partial charge on any atom is -0.375 e. The quantitative estimate of drug-likeness (QED) is 0.834. The second kappa shape index (κ2) is 3.98. The lowest BCUT2D eigenvalue weighted by Crippen LogP contribution is -2.32. The van der Waals surface area contributed by atoms with Crippen LogP contribution in [0.5, 0.6) is 0 Å². The summed E-state index contributed by atoms with van der Waals surface area (Å²) in [7, 11) is 0. The Labute approximate surface area is 105 Å². The van der Waals surface area contributed by atoms with Gasteiger partial charge < -0.3 is 11.1 Å². The van der Waals surface area contributed by atoms with E-state index in [-0.39, 0.29) is 5.91 Å². The van der Waals surface area contributed by atoms with E-state index in [9.17, 15) is 4.79 Å². The molecule has 1 aromatic rings. The Kier molecular flexibility index (Phi) is 2.58. The highest BCUT2D eigenvalue weighted by Crippen LogP contribution is 2.60. The highest BCUT2D eigenvalue weighted by molar-refractivity contribution is 7.13. The maximum atomic E-state index is 11.8. The van der Waals surface area contributed by atoms with Crippen LogP contribution >= 0.6 is 11.3 Å². The number of carbonyl (C=O) groups is 1. The van der Waals surface area contributed by atoms with Crippen LogP contribution in [0, 0.1) is 11.3 Å². The van der Waals surface area contributed by atoms with Crippen molar-refractivity contribution < 1.29 is 4.79 Å². The fraction of sp³-hybridized carbons (Fsp3) is 0.667. The van der Waals surface area contributed by atoms with Crippen molar-refractivity contribution in [1.29, 1.82) is 0 Å². The summed E-state index contributed by atoms with van der Waals surface area (Å²) >= 11 is 1.38. The molecule has 3 rings (SSSR count). The van der Waals surface area contributed by atoms with Crippen LogP contribution in [0.1, 0.15) is 31.4 Å². The van der Waals surface area contributed by atoms with Gasteiger partial charge in [0.1, 0.15) is 0 Å². The maximum Gasteiger partial charge on any atom is 0.226 e. The molecular formula is C12H17N3OS. The van der Waals surface area contributed by atoms with Gasteiger partial charge in [0.2, 0.25) is 5.91 Å². The van der Waals surface area contributed by atoms with Gasteiger partial charge in [-0.1, -0.05) is 0 Å². The third-order valence-corrected chi connectivity index (χ3v) is 4.61. The second-order valence-electron chi connectivity index (χ2n) is 5.27. The van der Waals surface area contributed by atoms with E-state index in [4.69, 9.17) is 5.73 Å². The number of nitrogen functional groups attached to an aromatic ring is 1. The van der Waals surface area contributed by atoms with Crippen molar-refractivity contribution in [1.82, 2.24) is 10.3 Å². The molecule has 0 spiro atoms. The van der Waals surface area contributed by atoms with E-state index in [2.05, 4.69) is 10.3 Å². The maximum absolute atomic E-state index is 11.8. The number of hydrogen-bond acceptors (Lipinski definition) is 4. The van der Waals surface area contributed by atoms with Gasteiger partial charge in [-0.3, -0.25) is 4.79 Å². The van der Waals surface area contributed by atoms with Crippen LogP contribution in [0.25, 0.3) is 0 Å². The largest absolute Gasteiger partial charge is 0.375 e. The number of nitrogens with one attached hydrogen (secondary N) is 1. The average molecular weight is 251 g/mol. The molecule has 2 saturated carbocycles. The van der Waals surface area contributed by atoms with Crippen molar-refractivity contribution in [3.8, 4) is 0 Å². The van der Waals surface area contributed by atoms with Crippen molar-refractivity contribution in [2.75, 3.05) is 12.3 Å². The number of amides is 1. The fourth-order valence-corrected chi connectivity index (χ4v) is 3.05. The highest BCUT2D eigenvalue weighted by Gasteiger charge is 2.53. The Morgan fingerprint density at radius 2 is 2.35 bits per heavy atom.